The van der Waals surface area contributed by atoms with E-state index in [0.717, 1.165) is 11.1 Å². The average molecular weight is 287 g/mol. The Morgan fingerprint density at radius 1 is 1.00 bits per heavy atom. The summed E-state index contributed by atoms with van der Waals surface area (Å²) in [6.45, 7) is 4.45. The molecule has 2 aromatic rings. The normalized spacial score (nSPS) is 25.4. The van der Waals surface area contributed by atoms with Gasteiger partial charge in [0.25, 0.3) is 0 Å². The quantitative estimate of drug-likeness (QED) is 0.814. The molecule has 0 N–H and O–H groups in total. The van der Waals surface area contributed by atoms with E-state index in [2.05, 4.69) is 0 Å². The topological polar surface area (TPSA) is 37.1 Å². The van der Waals surface area contributed by atoms with E-state index in [4.69, 9.17) is 0 Å². The molecule has 0 aromatic heterocycles. The molecule has 1 unspecified atom stereocenters. The van der Waals surface area contributed by atoms with Crippen LogP contribution in [-0.4, -0.2) is 19.3 Å². The minimum absolute atomic E-state index is 0.364. The van der Waals surface area contributed by atoms with Crippen molar-refractivity contribution in [3.05, 3.63) is 65.7 Å². The number of rotatable bonds is 3. The van der Waals surface area contributed by atoms with Crippen LogP contribution in [0, 0.1) is 6.92 Å². The molecule has 2 aromatic carbocycles. The predicted molar refractivity (Wildman–Crippen MR) is 78.9 cm³/mol. The molecule has 1 aliphatic rings. The summed E-state index contributed by atoms with van der Waals surface area (Å²) in [5, 5.41) is 0. The Morgan fingerprint density at radius 2 is 1.60 bits per heavy atom. The molecule has 0 amide bonds. The summed E-state index contributed by atoms with van der Waals surface area (Å²) < 4.78 is 26.8. The second kappa shape index (κ2) is 4.43. The summed E-state index contributed by atoms with van der Waals surface area (Å²) >= 11 is 0. The fraction of sp³-hybridized carbons (Fsp3) is 0.250. The van der Waals surface area contributed by atoms with Crippen LogP contribution in [0.1, 0.15) is 18.1 Å². The number of benzene rings is 2. The molecule has 1 saturated heterocycles. The largest absolute Gasteiger partial charge is 0.243 e. The predicted octanol–water partition coefficient (Wildman–Crippen LogP) is 2.91. The Morgan fingerprint density at radius 3 is 2.20 bits per heavy atom. The highest BCUT2D eigenvalue weighted by Gasteiger charge is 2.56. The van der Waals surface area contributed by atoms with Gasteiger partial charge in [0.1, 0.15) is 0 Å². The summed E-state index contributed by atoms with van der Waals surface area (Å²) in [6.07, 6.45) is 0. The van der Waals surface area contributed by atoms with E-state index < -0.39 is 15.6 Å². The Bertz CT molecular complexity index is 723. The average Bonchev–Trinajstić information content (AvgIpc) is 3.15. The first-order valence-corrected chi connectivity index (χ1v) is 8.04. The van der Waals surface area contributed by atoms with E-state index in [0.29, 0.717) is 11.4 Å². The van der Waals surface area contributed by atoms with Crippen LogP contribution >= 0.6 is 0 Å². The second-order valence-corrected chi connectivity index (χ2v) is 7.33. The molecule has 4 heteroatoms. The van der Waals surface area contributed by atoms with Gasteiger partial charge in [0.05, 0.1) is 10.4 Å². The van der Waals surface area contributed by atoms with Gasteiger partial charge < -0.3 is 0 Å². The third kappa shape index (κ3) is 2.05. The fourth-order valence-electron chi connectivity index (χ4n) is 2.46. The highest BCUT2D eigenvalue weighted by molar-refractivity contribution is 7.89. The Hall–Kier alpha value is -1.65. The maximum absolute atomic E-state index is 12.6. The maximum atomic E-state index is 12.6. The van der Waals surface area contributed by atoms with Gasteiger partial charge in [-0.05, 0) is 31.5 Å². The van der Waals surface area contributed by atoms with E-state index in [1.54, 1.807) is 16.4 Å². The van der Waals surface area contributed by atoms with Gasteiger partial charge in [-0.1, -0.05) is 48.0 Å². The van der Waals surface area contributed by atoms with Crippen LogP contribution in [0.15, 0.2) is 59.5 Å². The Kier molecular flexibility index (Phi) is 2.96. The maximum Gasteiger partial charge on any atom is 0.243 e. The van der Waals surface area contributed by atoms with Gasteiger partial charge >= 0.3 is 0 Å². The first kappa shape index (κ1) is 13.3. The third-order valence-electron chi connectivity index (χ3n) is 3.90. The molecule has 1 aliphatic heterocycles. The first-order chi connectivity index (χ1) is 9.44. The van der Waals surface area contributed by atoms with Gasteiger partial charge in [-0.2, -0.15) is 4.31 Å². The number of sulfonamides is 1. The van der Waals surface area contributed by atoms with Gasteiger partial charge in [-0.3, -0.25) is 0 Å². The Labute approximate surface area is 119 Å². The highest BCUT2D eigenvalue weighted by atomic mass is 32.2. The van der Waals surface area contributed by atoms with Crippen LogP contribution in [-0.2, 0) is 15.6 Å². The van der Waals surface area contributed by atoms with Crippen molar-refractivity contribution >= 4 is 10.0 Å². The van der Waals surface area contributed by atoms with Crippen LogP contribution in [0.25, 0.3) is 0 Å². The second-order valence-electron chi connectivity index (χ2n) is 5.46. The van der Waals surface area contributed by atoms with Crippen LogP contribution in [0.5, 0.6) is 0 Å². The molecule has 3 nitrogen and oxygen atoms in total. The SMILES string of the molecule is Cc1ccc(S(=O)(=O)N2C[C@@]2(C)c2ccccc2)cc1. The van der Waals surface area contributed by atoms with Gasteiger partial charge in [0.15, 0.2) is 0 Å². The van der Waals surface area contributed by atoms with Gasteiger partial charge in [-0.25, -0.2) is 8.42 Å². The van der Waals surface area contributed by atoms with Crippen molar-refractivity contribution in [2.75, 3.05) is 6.54 Å². The molecule has 0 bridgehead atoms. The van der Waals surface area contributed by atoms with Crippen molar-refractivity contribution in [3.8, 4) is 0 Å². The lowest BCUT2D eigenvalue weighted by atomic mass is 10.0. The number of aryl methyl sites for hydroxylation is 1. The number of hydrogen-bond donors (Lipinski definition) is 0. The lowest BCUT2D eigenvalue weighted by molar-refractivity contribution is 0.523. The monoisotopic (exact) mass is 287 g/mol. The van der Waals surface area contributed by atoms with Crippen molar-refractivity contribution < 1.29 is 8.42 Å². The number of nitrogens with zero attached hydrogens (tertiary/aromatic N) is 1. The lowest BCUT2D eigenvalue weighted by Gasteiger charge is -2.13. The fourth-order valence-corrected chi connectivity index (χ4v) is 4.26. The van der Waals surface area contributed by atoms with Crippen molar-refractivity contribution in [2.24, 2.45) is 0 Å². The Balaban J connectivity index is 1.94. The van der Waals surface area contributed by atoms with E-state index in [1.807, 2.05) is 56.3 Å². The molecule has 0 radical (unpaired) electrons. The van der Waals surface area contributed by atoms with Gasteiger partial charge in [0, 0.05) is 6.54 Å². The van der Waals surface area contributed by atoms with Crippen LogP contribution in [0.3, 0.4) is 0 Å². The van der Waals surface area contributed by atoms with E-state index in [9.17, 15) is 8.42 Å². The first-order valence-electron chi connectivity index (χ1n) is 6.60. The molecule has 2 atom stereocenters. The summed E-state index contributed by atoms with van der Waals surface area (Å²) in [4.78, 5) is 0.364. The highest BCUT2D eigenvalue weighted by Crippen LogP contribution is 2.46. The minimum atomic E-state index is -3.40. The molecule has 1 fully saturated rings. The standard InChI is InChI=1S/C16H17NO2S/c1-13-8-10-15(11-9-13)20(18,19)17-12-16(17,2)14-6-4-3-5-7-14/h3-11H,12H2,1-2H3/t16-,17?/m0/s1. The van der Waals surface area contributed by atoms with Crippen molar-refractivity contribution in [3.63, 3.8) is 0 Å². The van der Waals surface area contributed by atoms with Crippen LogP contribution in [0.2, 0.25) is 0 Å². The van der Waals surface area contributed by atoms with Crippen LogP contribution < -0.4 is 0 Å². The molecule has 0 saturated carbocycles. The van der Waals surface area contributed by atoms with Crippen molar-refractivity contribution in [1.29, 1.82) is 0 Å². The third-order valence-corrected chi connectivity index (χ3v) is 5.88. The zero-order valence-electron chi connectivity index (χ0n) is 11.6. The minimum Gasteiger partial charge on any atom is -0.207 e. The molecule has 20 heavy (non-hydrogen) atoms. The molecule has 104 valence electrons. The smallest absolute Gasteiger partial charge is 0.207 e. The zero-order valence-corrected chi connectivity index (χ0v) is 12.4. The summed E-state index contributed by atoms with van der Waals surface area (Å²) in [5.74, 6) is 0. The van der Waals surface area contributed by atoms with E-state index >= 15 is 0 Å². The lowest BCUT2D eigenvalue weighted by Crippen LogP contribution is -2.19. The number of hydrogen-bond acceptors (Lipinski definition) is 2. The summed E-state index contributed by atoms with van der Waals surface area (Å²) in [5.41, 5.74) is 1.68. The van der Waals surface area contributed by atoms with Gasteiger partial charge in [-0.15, -0.1) is 0 Å². The zero-order chi connectivity index (χ0) is 14.4. The molecular weight excluding hydrogens is 270 g/mol. The molecular formula is C16H17NO2S. The summed E-state index contributed by atoms with van der Waals surface area (Å²) in [6, 6.07) is 16.8. The van der Waals surface area contributed by atoms with Gasteiger partial charge in [0.2, 0.25) is 10.0 Å². The summed E-state index contributed by atoms with van der Waals surface area (Å²) in [7, 11) is -3.40. The van der Waals surface area contributed by atoms with Crippen molar-refractivity contribution in [1.82, 2.24) is 4.31 Å². The molecule has 1 heterocycles. The molecule has 0 spiro atoms. The van der Waals surface area contributed by atoms with E-state index in [-0.39, 0.29) is 0 Å². The molecule has 3 rings (SSSR count). The van der Waals surface area contributed by atoms with E-state index in [1.165, 1.54) is 0 Å². The van der Waals surface area contributed by atoms with Crippen LogP contribution in [0.4, 0.5) is 0 Å². The van der Waals surface area contributed by atoms with Crippen molar-refractivity contribution in [2.45, 2.75) is 24.3 Å². The molecule has 0 aliphatic carbocycles.